The molecule has 1 atom stereocenters. The van der Waals surface area contributed by atoms with Crippen molar-refractivity contribution in [1.29, 1.82) is 0 Å². The highest BCUT2D eigenvalue weighted by atomic mass is 32.2. The minimum absolute atomic E-state index is 0.331. The molecule has 1 N–H and O–H groups in total. The molecule has 1 unspecified atom stereocenters. The number of ether oxygens (including phenoxy) is 1. The van der Waals surface area contributed by atoms with Gasteiger partial charge in [-0.1, -0.05) is 24.6 Å². The maximum atomic E-state index is 6.12. The van der Waals surface area contributed by atoms with E-state index in [1.807, 2.05) is 7.05 Å². The molecule has 1 saturated carbocycles. The summed E-state index contributed by atoms with van der Waals surface area (Å²) in [5.41, 5.74) is 2.48. The standard InChI is InChI=1S/C18H23NOS/c1-19-15-7-6-14(10-15)17-11-16(21-2)8-9-18(17)20-12-13-4-3-5-13/h6-11,13,15,19H,3-5,12H2,1-2H3. The van der Waals surface area contributed by atoms with Crippen molar-refractivity contribution in [2.75, 3.05) is 19.9 Å². The van der Waals surface area contributed by atoms with Crippen LogP contribution in [0.4, 0.5) is 0 Å². The molecule has 2 aliphatic carbocycles. The minimum atomic E-state index is 0.331. The fraction of sp³-hybridized carbons (Fsp3) is 0.444. The Morgan fingerprint density at radius 1 is 1.33 bits per heavy atom. The normalized spacial score (nSPS) is 21.2. The number of benzene rings is 1. The molecule has 1 aromatic rings. The van der Waals surface area contributed by atoms with Gasteiger partial charge in [-0.3, -0.25) is 0 Å². The zero-order valence-electron chi connectivity index (χ0n) is 12.8. The van der Waals surface area contributed by atoms with Gasteiger partial charge in [-0.2, -0.15) is 0 Å². The van der Waals surface area contributed by atoms with Crippen molar-refractivity contribution in [2.45, 2.75) is 30.2 Å². The van der Waals surface area contributed by atoms with Crippen molar-refractivity contribution in [2.24, 2.45) is 5.92 Å². The molecule has 0 radical (unpaired) electrons. The highest BCUT2D eigenvalue weighted by Gasteiger charge is 2.19. The van der Waals surface area contributed by atoms with Crippen LogP contribution in [-0.4, -0.2) is 26.0 Å². The molecule has 1 fully saturated rings. The Morgan fingerprint density at radius 2 is 2.19 bits per heavy atom. The topological polar surface area (TPSA) is 21.3 Å². The average molecular weight is 301 g/mol. The van der Waals surface area contributed by atoms with Crippen LogP contribution < -0.4 is 10.1 Å². The first-order valence-electron chi connectivity index (χ1n) is 7.68. The van der Waals surface area contributed by atoms with E-state index < -0.39 is 0 Å². The molecule has 0 amide bonds. The van der Waals surface area contributed by atoms with Gasteiger partial charge in [0.25, 0.3) is 0 Å². The van der Waals surface area contributed by atoms with Gasteiger partial charge in [0, 0.05) is 16.5 Å². The predicted molar refractivity (Wildman–Crippen MR) is 91.0 cm³/mol. The summed E-state index contributed by atoms with van der Waals surface area (Å²) >= 11 is 1.77. The highest BCUT2D eigenvalue weighted by molar-refractivity contribution is 7.98. The van der Waals surface area contributed by atoms with Crippen molar-refractivity contribution in [1.82, 2.24) is 5.32 Å². The number of thioether (sulfide) groups is 1. The van der Waals surface area contributed by atoms with Crippen LogP contribution in [0.15, 0.2) is 41.3 Å². The van der Waals surface area contributed by atoms with Gasteiger partial charge in [-0.15, -0.1) is 11.8 Å². The monoisotopic (exact) mass is 301 g/mol. The summed E-state index contributed by atoms with van der Waals surface area (Å²) in [6, 6.07) is 6.85. The molecule has 0 saturated heterocycles. The molecule has 3 heteroatoms. The highest BCUT2D eigenvalue weighted by Crippen LogP contribution is 2.35. The quantitative estimate of drug-likeness (QED) is 0.798. The smallest absolute Gasteiger partial charge is 0.127 e. The maximum Gasteiger partial charge on any atom is 0.127 e. The Labute approximate surface area is 131 Å². The predicted octanol–water partition coefficient (Wildman–Crippen LogP) is 4.13. The van der Waals surface area contributed by atoms with E-state index in [-0.39, 0.29) is 0 Å². The van der Waals surface area contributed by atoms with Gasteiger partial charge in [0.15, 0.2) is 0 Å². The zero-order valence-corrected chi connectivity index (χ0v) is 13.6. The zero-order chi connectivity index (χ0) is 14.7. The van der Waals surface area contributed by atoms with Crippen LogP contribution in [0.2, 0.25) is 0 Å². The number of allylic oxidation sites excluding steroid dienone is 2. The second-order valence-electron chi connectivity index (χ2n) is 5.77. The van der Waals surface area contributed by atoms with E-state index in [2.05, 4.69) is 48.0 Å². The number of rotatable bonds is 6. The second-order valence-corrected chi connectivity index (χ2v) is 6.65. The van der Waals surface area contributed by atoms with Crippen molar-refractivity contribution >= 4 is 17.3 Å². The first-order valence-corrected chi connectivity index (χ1v) is 8.91. The van der Waals surface area contributed by atoms with Gasteiger partial charge in [0.2, 0.25) is 0 Å². The Balaban J connectivity index is 1.83. The summed E-state index contributed by atoms with van der Waals surface area (Å²) in [7, 11) is 1.99. The van der Waals surface area contributed by atoms with E-state index >= 15 is 0 Å². The molecule has 0 aromatic heterocycles. The summed E-state index contributed by atoms with van der Waals surface area (Å²) in [5.74, 6) is 1.78. The van der Waals surface area contributed by atoms with Gasteiger partial charge in [-0.25, -0.2) is 0 Å². The molecule has 1 aromatic carbocycles. The third kappa shape index (κ3) is 3.35. The van der Waals surface area contributed by atoms with Crippen LogP contribution in [0.3, 0.4) is 0 Å². The first kappa shape index (κ1) is 14.7. The van der Waals surface area contributed by atoms with Gasteiger partial charge >= 0.3 is 0 Å². The van der Waals surface area contributed by atoms with E-state index in [1.54, 1.807) is 11.8 Å². The molecule has 3 rings (SSSR count). The van der Waals surface area contributed by atoms with Crippen LogP contribution in [0, 0.1) is 5.92 Å². The summed E-state index contributed by atoms with van der Waals surface area (Å²) in [4.78, 5) is 1.28. The number of nitrogens with one attached hydrogen (secondary N) is 1. The van der Waals surface area contributed by atoms with Gasteiger partial charge in [0.1, 0.15) is 5.75 Å². The van der Waals surface area contributed by atoms with E-state index in [0.717, 1.165) is 18.3 Å². The Morgan fingerprint density at radius 3 is 2.81 bits per heavy atom. The first-order chi connectivity index (χ1) is 10.3. The number of likely N-dealkylation sites (N-methyl/N-ethyl adjacent to an activating group) is 1. The number of hydrogen-bond donors (Lipinski definition) is 1. The lowest BCUT2D eigenvalue weighted by Gasteiger charge is -2.25. The Hall–Kier alpha value is -1.19. The molecule has 112 valence electrons. The van der Waals surface area contributed by atoms with E-state index in [9.17, 15) is 0 Å². The van der Waals surface area contributed by atoms with Crippen molar-refractivity contribution in [3.05, 3.63) is 42.0 Å². The molecule has 2 nitrogen and oxygen atoms in total. The third-order valence-electron chi connectivity index (χ3n) is 4.37. The van der Waals surface area contributed by atoms with Crippen LogP contribution >= 0.6 is 11.8 Å². The lowest BCUT2D eigenvalue weighted by Crippen LogP contribution is -2.19. The summed E-state index contributed by atoms with van der Waals surface area (Å²) in [6.07, 6.45) is 12.8. The SMILES string of the molecule is CNC1C=CC(c2cc(SC)ccc2OCC2CCC2)=C1. The average Bonchev–Trinajstić information content (AvgIpc) is 2.94. The third-order valence-corrected chi connectivity index (χ3v) is 5.10. The molecule has 0 aliphatic heterocycles. The van der Waals surface area contributed by atoms with Crippen LogP contribution in [-0.2, 0) is 0 Å². The van der Waals surface area contributed by atoms with Crippen LogP contribution in [0.5, 0.6) is 5.75 Å². The minimum Gasteiger partial charge on any atom is -0.493 e. The molecule has 0 heterocycles. The van der Waals surface area contributed by atoms with Crippen LogP contribution in [0.1, 0.15) is 24.8 Å². The van der Waals surface area contributed by atoms with Crippen molar-refractivity contribution in [3.8, 4) is 5.75 Å². The lowest BCUT2D eigenvalue weighted by molar-refractivity contribution is 0.180. The molecule has 21 heavy (non-hydrogen) atoms. The van der Waals surface area contributed by atoms with Crippen molar-refractivity contribution in [3.63, 3.8) is 0 Å². The number of hydrogen-bond acceptors (Lipinski definition) is 3. The van der Waals surface area contributed by atoms with E-state index in [0.29, 0.717) is 6.04 Å². The van der Waals surface area contributed by atoms with Gasteiger partial charge in [-0.05, 0) is 55.8 Å². The molecular weight excluding hydrogens is 278 g/mol. The molecule has 0 bridgehead atoms. The fourth-order valence-electron chi connectivity index (χ4n) is 2.73. The van der Waals surface area contributed by atoms with E-state index in [1.165, 1.54) is 35.3 Å². The molecule has 2 aliphatic rings. The van der Waals surface area contributed by atoms with Crippen molar-refractivity contribution < 1.29 is 4.74 Å². The maximum absolute atomic E-state index is 6.12. The van der Waals surface area contributed by atoms with Gasteiger partial charge < -0.3 is 10.1 Å². The largest absolute Gasteiger partial charge is 0.493 e. The summed E-state index contributed by atoms with van der Waals surface area (Å²) < 4.78 is 6.12. The summed E-state index contributed by atoms with van der Waals surface area (Å²) in [5, 5.41) is 3.27. The van der Waals surface area contributed by atoms with Crippen LogP contribution in [0.25, 0.3) is 5.57 Å². The second kappa shape index (κ2) is 6.71. The molecule has 0 spiro atoms. The fourth-order valence-corrected chi connectivity index (χ4v) is 3.17. The molecular formula is C18H23NOS. The Kier molecular flexibility index (Phi) is 4.71. The summed E-state index contributed by atoms with van der Waals surface area (Å²) in [6.45, 7) is 0.859. The lowest BCUT2D eigenvalue weighted by atomic mass is 9.86. The van der Waals surface area contributed by atoms with Gasteiger partial charge in [0.05, 0.1) is 6.61 Å². The Bertz CT molecular complexity index is 560. The van der Waals surface area contributed by atoms with E-state index in [4.69, 9.17) is 4.74 Å².